The summed E-state index contributed by atoms with van der Waals surface area (Å²) in [6, 6.07) is 0. The van der Waals surface area contributed by atoms with Crippen molar-refractivity contribution in [1.82, 2.24) is 5.16 Å². The van der Waals surface area contributed by atoms with Crippen molar-refractivity contribution in [3.05, 3.63) is 17.0 Å². The molecule has 2 heterocycles. The maximum Gasteiger partial charge on any atom is 0.360 e. The Morgan fingerprint density at radius 1 is 1.41 bits per heavy atom. The number of aromatic nitrogens is 1. The van der Waals surface area contributed by atoms with Crippen LogP contribution in [0.3, 0.4) is 0 Å². The quantitative estimate of drug-likeness (QED) is 0.864. The van der Waals surface area contributed by atoms with E-state index >= 15 is 0 Å². The molecule has 1 aromatic heterocycles. The molecular formula is C16H25NO5. The van der Waals surface area contributed by atoms with Gasteiger partial charge in [0.25, 0.3) is 0 Å². The molecule has 0 spiro atoms. The predicted molar refractivity (Wildman–Crippen MR) is 79.5 cm³/mol. The van der Waals surface area contributed by atoms with Gasteiger partial charge in [0.1, 0.15) is 6.10 Å². The van der Waals surface area contributed by atoms with E-state index in [1.54, 1.807) is 13.8 Å². The molecule has 0 aliphatic carbocycles. The highest BCUT2D eigenvalue weighted by atomic mass is 16.5. The van der Waals surface area contributed by atoms with Crippen molar-refractivity contribution in [3.8, 4) is 0 Å². The summed E-state index contributed by atoms with van der Waals surface area (Å²) in [5.41, 5.74) is 0.704. The van der Waals surface area contributed by atoms with Crippen molar-refractivity contribution < 1.29 is 23.9 Å². The molecule has 0 aromatic carbocycles. The largest absolute Gasteiger partial charge is 0.461 e. The van der Waals surface area contributed by atoms with Gasteiger partial charge in [-0.05, 0) is 19.3 Å². The highest BCUT2D eigenvalue weighted by Crippen LogP contribution is 2.39. The molecular weight excluding hydrogens is 286 g/mol. The van der Waals surface area contributed by atoms with Gasteiger partial charge in [-0.15, -0.1) is 0 Å². The Morgan fingerprint density at radius 2 is 2.09 bits per heavy atom. The molecule has 1 saturated heterocycles. The average Bonchev–Trinajstić information content (AvgIpc) is 2.79. The van der Waals surface area contributed by atoms with E-state index in [-0.39, 0.29) is 23.8 Å². The fourth-order valence-corrected chi connectivity index (χ4v) is 2.66. The van der Waals surface area contributed by atoms with Crippen LogP contribution >= 0.6 is 0 Å². The number of ether oxygens (including phenoxy) is 2. The van der Waals surface area contributed by atoms with Crippen LogP contribution in [-0.2, 0) is 9.47 Å². The first kappa shape index (κ1) is 17.0. The zero-order valence-corrected chi connectivity index (χ0v) is 13.9. The Kier molecular flexibility index (Phi) is 4.92. The fourth-order valence-electron chi connectivity index (χ4n) is 2.66. The van der Waals surface area contributed by atoms with E-state index < -0.39 is 18.2 Å². The number of carbonyl (C=O) groups is 1. The molecule has 1 N–H and O–H groups in total. The molecule has 0 unspecified atom stereocenters. The fraction of sp³-hybridized carbons (Fsp3) is 0.750. The molecule has 0 bridgehead atoms. The van der Waals surface area contributed by atoms with Gasteiger partial charge in [0.2, 0.25) is 0 Å². The molecule has 3 atom stereocenters. The van der Waals surface area contributed by atoms with Crippen LogP contribution in [0.1, 0.15) is 68.5 Å². The smallest absolute Gasteiger partial charge is 0.360 e. The minimum absolute atomic E-state index is 0.0858. The Bertz CT molecular complexity index is 531. The third-order valence-electron chi connectivity index (χ3n) is 3.99. The molecule has 1 fully saturated rings. The van der Waals surface area contributed by atoms with E-state index in [1.165, 1.54) is 0 Å². The van der Waals surface area contributed by atoms with Crippen LogP contribution in [0.2, 0.25) is 0 Å². The summed E-state index contributed by atoms with van der Waals surface area (Å²) in [7, 11) is 0. The first-order chi connectivity index (χ1) is 10.2. The summed E-state index contributed by atoms with van der Waals surface area (Å²) in [6.45, 7) is 10.0. The molecule has 1 aromatic rings. The van der Waals surface area contributed by atoms with Crippen LogP contribution in [0.4, 0.5) is 0 Å². The van der Waals surface area contributed by atoms with Crippen molar-refractivity contribution in [2.45, 2.75) is 65.8 Å². The van der Waals surface area contributed by atoms with Crippen LogP contribution in [0.5, 0.6) is 0 Å². The number of hydrogen-bond acceptors (Lipinski definition) is 6. The van der Waals surface area contributed by atoms with E-state index in [1.807, 2.05) is 0 Å². The van der Waals surface area contributed by atoms with Crippen molar-refractivity contribution in [2.75, 3.05) is 6.61 Å². The van der Waals surface area contributed by atoms with Gasteiger partial charge in [0, 0.05) is 18.4 Å². The number of aliphatic hydroxyl groups is 1. The summed E-state index contributed by atoms with van der Waals surface area (Å²) >= 11 is 0. The summed E-state index contributed by atoms with van der Waals surface area (Å²) in [4.78, 5) is 11.8. The number of carbonyl (C=O) groups excluding carboxylic acids is 1. The van der Waals surface area contributed by atoms with Crippen LogP contribution < -0.4 is 0 Å². The first-order valence-electron chi connectivity index (χ1n) is 7.70. The number of hydrogen-bond donors (Lipinski definition) is 1. The topological polar surface area (TPSA) is 81.8 Å². The molecule has 2 rings (SSSR count). The second-order valence-electron chi connectivity index (χ2n) is 6.85. The molecule has 6 nitrogen and oxygen atoms in total. The van der Waals surface area contributed by atoms with E-state index in [9.17, 15) is 9.90 Å². The normalized spacial score (nSPS) is 26.0. The van der Waals surface area contributed by atoms with Gasteiger partial charge in [0.05, 0.1) is 18.8 Å². The van der Waals surface area contributed by atoms with E-state index in [2.05, 4.69) is 25.9 Å². The lowest BCUT2D eigenvalue weighted by Gasteiger charge is -2.39. The number of aliphatic hydroxyl groups excluding tert-OH is 1. The zero-order chi connectivity index (χ0) is 16.5. The Labute approximate surface area is 130 Å². The summed E-state index contributed by atoms with van der Waals surface area (Å²) in [5, 5.41) is 13.9. The van der Waals surface area contributed by atoms with Crippen molar-refractivity contribution >= 4 is 5.97 Å². The van der Waals surface area contributed by atoms with Crippen LogP contribution in [0.25, 0.3) is 0 Å². The lowest BCUT2D eigenvalue weighted by molar-refractivity contribution is -0.143. The third-order valence-corrected chi connectivity index (χ3v) is 3.99. The maximum absolute atomic E-state index is 11.8. The third kappa shape index (κ3) is 3.50. The van der Waals surface area contributed by atoms with Gasteiger partial charge in [-0.3, -0.25) is 0 Å². The standard InChI is InChI=1S/C16H25NO5/c1-6-20-15(19)13-9(2)14(22-17-13)11-7-10(18)8-12(21-11)16(3,4)5/h10-12,18H,6-8H2,1-5H3/t10-,11-,12+/m1/s1. The lowest BCUT2D eigenvalue weighted by atomic mass is 9.82. The van der Waals surface area contributed by atoms with Gasteiger partial charge in [-0.2, -0.15) is 0 Å². The minimum Gasteiger partial charge on any atom is -0.461 e. The van der Waals surface area contributed by atoms with Crippen LogP contribution in [0.15, 0.2) is 4.52 Å². The highest BCUT2D eigenvalue weighted by molar-refractivity contribution is 5.88. The molecule has 124 valence electrons. The Morgan fingerprint density at radius 3 is 2.68 bits per heavy atom. The molecule has 6 heteroatoms. The Balaban J connectivity index is 2.22. The number of nitrogens with zero attached hydrogens (tertiary/aromatic N) is 1. The van der Waals surface area contributed by atoms with Gasteiger partial charge in [0.15, 0.2) is 11.5 Å². The van der Waals surface area contributed by atoms with Crippen molar-refractivity contribution in [3.63, 3.8) is 0 Å². The van der Waals surface area contributed by atoms with Gasteiger partial charge >= 0.3 is 5.97 Å². The second kappa shape index (κ2) is 6.38. The average molecular weight is 311 g/mol. The van der Waals surface area contributed by atoms with Gasteiger partial charge < -0.3 is 19.1 Å². The number of rotatable bonds is 3. The predicted octanol–water partition coefficient (Wildman–Crippen LogP) is 2.79. The summed E-state index contributed by atoms with van der Waals surface area (Å²) in [5.74, 6) is -0.00483. The minimum atomic E-state index is -0.501. The van der Waals surface area contributed by atoms with E-state index in [0.717, 1.165) is 0 Å². The van der Waals surface area contributed by atoms with Crippen molar-refractivity contribution in [1.29, 1.82) is 0 Å². The SMILES string of the molecule is CCOC(=O)c1noc([C@H]2C[C@@H](O)C[C@@H](C(C)(C)C)O2)c1C. The second-order valence-corrected chi connectivity index (χ2v) is 6.85. The summed E-state index contributed by atoms with van der Waals surface area (Å²) in [6.07, 6.45) is 0.0851. The molecule has 1 aliphatic heterocycles. The van der Waals surface area contributed by atoms with Crippen LogP contribution in [0, 0.1) is 12.3 Å². The monoisotopic (exact) mass is 311 g/mol. The molecule has 0 amide bonds. The van der Waals surface area contributed by atoms with Gasteiger partial charge in [-0.1, -0.05) is 25.9 Å². The lowest BCUT2D eigenvalue weighted by Crippen LogP contribution is -2.39. The molecule has 22 heavy (non-hydrogen) atoms. The molecule has 1 aliphatic rings. The summed E-state index contributed by atoms with van der Waals surface area (Å²) < 4.78 is 16.4. The maximum atomic E-state index is 11.8. The van der Waals surface area contributed by atoms with Crippen LogP contribution in [-0.4, -0.2) is 35.0 Å². The van der Waals surface area contributed by atoms with Gasteiger partial charge in [-0.25, -0.2) is 4.79 Å². The van der Waals surface area contributed by atoms with Crippen molar-refractivity contribution in [2.24, 2.45) is 5.41 Å². The number of esters is 1. The highest BCUT2D eigenvalue weighted by Gasteiger charge is 2.39. The van der Waals surface area contributed by atoms with E-state index in [4.69, 9.17) is 14.0 Å². The van der Waals surface area contributed by atoms with E-state index in [0.29, 0.717) is 24.2 Å². The molecule has 0 saturated carbocycles. The zero-order valence-electron chi connectivity index (χ0n) is 13.9. The molecule has 0 radical (unpaired) electrons. The first-order valence-corrected chi connectivity index (χ1v) is 7.70. The Hall–Kier alpha value is -1.40.